The number of hydrogen-bond acceptors (Lipinski definition) is 2. The fourth-order valence-electron chi connectivity index (χ4n) is 2.96. The zero-order valence-corrected chi connectivity index (χ0v) is 12.3. The minimum atomic E-state index is -0.584. The molecular weight excluding hydrogens is 272 g/mol. The number of fused-ring (bicyclic) bond motifs is 2. The Bertz CT molecular complexity index is 969. The van der Waals surface area contributed by atoms with Crippen LogP contribution in [0, 0.1) is 0 Å². The number of rotatable bonds is 2. The van der Waals surface area contributed by atoms with E-state index in [2.05, 4.69) is 30.3 Å². The van der Waals surface area contributed by atoms with Gasteiger partial charge in [-0.15, -0.1) is 0 Å². The van der Waals surface area contributed by atoms with Gasteiger partial charge in [0.2, 0.25) is 0 Å². The van der Waals surface area contributed by atoms with Crippen LogP contribution < -0.4 is 0 Å². The van der Waals surface area contributed by atoms with E-state index in [1.807, 2.05) is 40.9 Å². The van der Waals surface area contributed by atoms with E-state index in [1.54, 1.807) is 6.92 Å². The van der Waals surface area contributed by atoms with E-state index in [-0.39, 0.29) is 0 Å². The standard InChI is InChI=1S/C19H16N2O/c1-13(22)19-18(20-17-8-4-5-11-21(17)19)16-10-9-14-6-2-3-7-15(14)12-16/h2-13,22H,1H3. The van der Waals surface area contributed by atoms with E-state index in [9.17, 15) is 5.11 Å². The van der Waals surface area contributed by atoms with Crippen LogP contribution in [-0.2, 0) is 0 Å². The minimum Gasteiger partial charge on any atom is -0.387 e. The van der Waals surface area contributed by atoms with Gasteiger partial charge in [-0.1, -0.05) is 42.5 Å². The average Bonchev–Trinajstić information content (AvgIpc) is 2.94. The smallest absolute Gasteiger partial charge is 0.137 e. The lowest BCUT2D eigenvalue weighted by atomic mass is 10.0. The Hall–Kier alpha value is -2.65. The molecule has 0 aliphatic heterocycles. The molecule has 4 aromatic rings. The Morgan fingerprint density at radius 1 is 0.955 bits per heavy atom. The van der Waals surface area contributed by atoms with Crippen LogP contribution >= 0.6 is 0 Å². The molecule has 22 heavy (non-hydrogen) atoms. The Balaban J connectivity index is 2.00. The van der Waals surface area contributed by atoms with Crippen molar-refractivity contribution in [2.45, 2.75) is 13.0 Å². The summed E-state index contributed by atoms with van der Waals surface area (Å²) in [7, 11) is 0. The summed E-state index contributed by atoms with van der Waals surface area (Å²) >= 11 is 0. The molecule has 0 saturated carbocycles. The highest BCUT2D eigenvalue weighted by atomic mass is 16.3. The van der Waals surface area contributed by atoms with Gasteiger partial charge < -0.3 is 9.51 Å². The summed E-state index contributed by atoms with van der Waals surface area (Å²) in [6.07, 6.45) is 1.36. The lowest BCUT2D eigenvalue weighted by Crippen LogP contribution is -1.99. The first-order chi connectivity index (χ1) is 10.7. The molecule has 0 amide bonds. The number of aromatic nitrogens is 2. The molecule has 2 heterocycles. The molecule has 0 radical (unpaired) electrons. The van der Waals surface area contributed by atoms with Crippen LogP contribution in [0.5, 0.6) is 0 Å². The third kappa shape index (κ3) is 1.98. The van der Waals surface area contributed by atoms with Crippen LogP contribution in [0.15, 0.2) is 66.9 Å². The number of hydrogen-bond donors (Lipinski definition) is 1. The highest BCUT2D eigenvalue weighted by molar-refractivity contribution is 5.87. The predicted molar refractivity (Wildman–Crippen MR) is 88.8 cm³/mol. The first-order valence-electron chi connectivity index (χ1n) is 7.38. The quantitative estimate of drug-likeness (QED) is 0.600. The molecule has 1 unspecified atom stereocenters. The second-order valence-electron chi connectivity index (χ2n) is 5.51. The monoisotopic (exact) mass is 288 g/mol. The van der Waals surface area contributed by atoms with Gasteiger partial charge in [-0.05, 0) is 35.9 Å². The first-order valence-corrected chi connectivity index (χ1v) is 7.38. The summed E-state index contributed by atoms with van der Waals surface area (Å²) in [5.41, 5.74) is 3.54. The van der Waals surface area contributed by atoms with Crippen LogP contribution in [0.2, 0.25) is 0 Å². The summed E-state index contributed by atoms with van der Waals surface area (Å²) in [5.74, 6) is 0. The van der Waals surface area contributed by atoms with Crippen molar-refractivity contribution < 1.29 is 5.11 Å². The number of aliphatic hydroxyl groups is 1. The Morgan fingerprint density at radius 3 is 2.55 bits per heavy atom. The maximum absolute atomic E-state index is 10.2. The lowest BCUT2D eigenvalue weighted by Gasteiger charge is -2.08. The largest absolute Gasteiger partial charge is 0.387 e. The van der Waals surface area contributed by atoms with Gasteiger partial charge in [0.05, 0.1) is 17.5 Å². The number of imidazole rings is 1. The number of pyridine rings is 1. The summed E-state index contributed by atoms with van der Waals surface area (Å²) in [6.45, 7) is 1.78. The van der Waals surface area contributed by atoms with Crippen molar-refractivity contribution in [3.63, 3.8) is 0 Å². The van der Waals surface area contributed by atoms with Gasteiger partial charge in [-0.25, -0.2) is 4.98 Å². The maximum atomic E-state index is 10.2. The Labute approximate surface area is 128 Å². The minimum absolute atomic E-state index is 0.584. The van der Waals surface area contributed by atoms with Gasteiger partial charge in [-0.3, -0.25) is 0 Å². The molecule has 3 heteroatoms. The topological polar surface area (TPSA) is 37.5 Å². The van der Waals surface area contributed by atoms with Crippen molar-refractivity contribution in [1.82, 2.24) is 9.38 Å². The summed E-state index contributed by atoms with van der Waals surface area (Å²) in [5, 5.41) is 12.6. The van der Waals surface area contributed by atoms with Crippen LogP contribution in [0.1, 0.15) is 18.7 Å². The maximum Gasteiger partial charge on any atom is 0.137 e. The van der Waals surface area contributed by atoms with Crippen molar-refractivity contribution in [1.29, 1.82) is 0 Å². The van der Waals surface area contributed by atoms with Gasteiger partial charge >= 0.3 is 0 Å². The summed E-state index contributed by atoms with van der Waals surface area (Å²) in [6, 6.07) is 20.4. The molecule has 108 valence electrons. The van der Waals surface area contributed by atoms with Crippen molar-refractivity contribution in [2.24, 2.45) is 0 Å². The molecule has 3 nitrogen and oxygen atoms in total. The fraction of sp³-hybridized carbons (Fsp3) is 0.105. The first kappa shape index (κ1) is 13.0. The highest BCUT2D eigenvalue weighted by Crippen LogP contribution is 2.30. The van der Waals surface area contributed by atoms with Crippen molar-refractivity contribution in [3.05, 3.63) is 72.6 Å². The van der Waals surface area contributed by atoms with Crippen LogP contribution in [0.3, 0.4) is 0 Å². The van der Waals surface area contributed by atoms with Gasteiger partial charge in [0.15, 0.2) is 0 Å². The Kier molecular flexibility index (Phi) is 2.94. The van der Waals surface area contributed by atoms with Gasteiger partial charge in [0, 0.05) is 11.8 Å². The zero-order valence-electron chi connectivity index (χ0n) is 12.3. The highest BCUT2D eigenvalue weighted by Gasteiger charge is 2.17. The van der Waals surface area contributed by atoms with Gasteiger partial charge in [0.1, 0.15) is 5.65 Å². The second kappa shape index (κ2) is 4.97. The SMILES string of the molecule is CC(O)c1c(-c2ccc3ccccc3c2)nc2ccccn12. The van der Waals surface area contributed by atoms with Crippen molar-refractivity contribution in [2.75, 3.05) is 0 Å². The fourth-order valence-corrected chi connectivity index (χ4v) is 2.96. The van der Waals surface area contributed by atoms with E-state index in [4.69, 9.17) is 4.98 Å². The van der Waals surface area contributed by atoms with Crippen LogP contribution in [-0.4, -0.2) is 14.5 Å². The molecule has 1 atom stereocenters. The van der Waals surface area contributed by atoms with E-state index in [1.165, 1.54) is 10.8 Å². The van der Waals surface area contributed by atoms with E-state index in [0.29, 0.717) is 0 Å². The summed E-state index contributed by atoms with van der Waals surface area (Å²) < 4.78 is 1.95. The normalized spacial score (nSPS) is 12.8. The van der Waals surface area contributed by atoms with E-state index in [0.717, 1.165) is 22.6 Å². The molecule has 0 bridgehead atoms. The molecule has 4 rings (SSSR count). The third-order valence-electron chi connectivity index (χ3n) is 3.99. The number of benzene rings is 2. The molecule has 1 N–H and O–H groups in total. The van der Waals surface area contributed by atoms with E-state index < -0.39 is 6.10 Å². The number of aliphatic hydroxyl groups excluding tert-OH is 1. The van der Waals surface area contributed by atoms with Crippen molar-refractivity contribution in [3.8, 4) is 11.3 Å². The summed E-state index contributed by atoms with van der Waals surface area (Å²) in [4.78, 5) is 4.71. The van der Waals surface area contributed by atoms with Crippen LogP contribution in [0.4, 0.5) is 0 Å². The average molecular weight is 288 g/mol. The molecule has 0 aliphatic carbocycles. The predicted octanol–water partition coefficient (Wildman–Crippen LogP) is 4.21. The molecule has 0 fully saturated rings. The van der Waals surface area contributed by atoms with Crippen LogP contribution in [0.25, 0.3) is 27.7 Å². The molecule has 2 aromatic heterocycles. The lowest BCUT2D eigenvalue weighted by molar-refractivity contribution is 0.194. The van der Waals surface area contributed by atoms with E-state index >= 15 is 0 Å². The molecular formula is C19H16N2O. The van der Waals surface area contributed by atoms with Crippen molar-refractivity contribution >= 4 is 16.4 Å². The van der Waals surface area contributed by atoms with Gasteiger partial charge in [0.25, 0.3) is 0 Å². The second-order valence-corrected chi connectivity index (χ2v) is 5.51. The molecule has 0 spiro atoms. The number of nitrogens with zero attached hydrogens (tertiary/aromatic N) is 2. The molecule has 0 saturated heterocycles. The molecule has 2 aromatic carbocycles. The Morgan fingerprint density at radius 2 is 1.73 bits per heavy atom. The van der Waals surface area contributed by atoms with Gasteiger partial charge in [-0.2, -0.15) is 0 Å². The third-order valence-corrected chi connectivity index (χ3v) is 3.99. The zero-order chi connectivity index (χ0) is 15.1. The molecule has 0 aliphatic rings.